The molecule has 2 N–H and O–H groups in total. The molecule has 0 unspecified atom stereocenters. The monoisotopic (exact) mass is 444 g/mol. The third-order valence-corrected chi connectivity index (χ3v) is 4.04. The second-order valence-electron chi connectivity index (χ2n) is 9.53. The van der Waals surface area contributed by atoms with Crippen LogP contribution in [0.5, 0.6) is 0 Å². The van der Waals surface area contributed by atoms with Crippen molar-refractivity contribution in [3.8, 4) is 0 Å². The van der Waals surface area contributed by atoms with E-state index in [9.17, 15) is 19.2 Å². The number of unbranched alkanes of at least 4 members (excludes halogenated alkanes) is 1. The van der Waals surface area contributed by atoms with Crippen LogP contribution in [0.15, 0.2) is 0 Å². The second kappa shape index (κ2) is 13.2. The first-order chi connectivity index (χ1) is 14.1. The van der Waals surface area contributed by atoms with Crippen molar-refractivity contribution in [2.24, 2.45) is 5.92 Å². The zero-order chi connectivity index (χ0) is 24.2. The third kappa shape index (κ3) is 15.2. The van der Waals surface area contributed by atoms with Crippen LogP contribution in [0.4, 0.5) is 4.79 Å². The van der Waals surface area contributed by atoms with Crippen molar-refractivity contribution in [2.45, 2.75) is 97.8 Å². The molecule has 0 rings (SSSR count). The van der Waals surface area contributed by atoms with Gasteiger partial charge in [-0.05, 0) is 67.2 Å². The lowest BCUT2D eigenvalue weighted by molar-refractivity contribution is -0.155. The van der Waals surface area contributed by atoms with E-state index in [4.69, 9.17) is 14.2 Å². The van der Waals surface area contributed by atoms with E-state index in [2.05, 4.69) is 10.6 Å². The fourth-order valence-electron chi connectivity index (χ4n) is 2.54. The van der Waals surface area contributed by atoms with Crippen molar-refractivity contribution in [1.29, 1.82) is 0 Å². The van der Waals surface area contributed by atoms with Gasteiger partial charge in [-0.3, -0.25) is 9.59 Å². The van der Waals surface area contributed by atoms with Crippen LogP contribution in [0, 0.1) is 5.92 Å². The van der Waals surface area contributed by atoms with E-state index in [1.807, 2.05) is 0 Å². The summed E-state index contributed by atoms with van der Waals surface area (Å²) in [5.41, 5.74) is -1.14. The van der Waals surface area contributed by atoms with Gasteiger partial charge < -0.3 is 24.8 Å². The topological polar surface area (TPSA) is 120 Å². The highest BCUT2D eigenvalue weighted by atomic mass is 16.6. The summed E-state index contributed by atoms with van der Waals surface area (Å²) >= 11 is 0. The molecule has 31 heavy (non-hydrogen) atoms. The quantitative estimate of drug-likeness (QED) is 0.285. The maximum atomic E-state index is 12.4. The maximum absolute atomic E-state index is 12.4. The summed E-state index contributed by atoms with van der Waals surface area (Å²) in [5, 5.41) is 5.34. The fourth-order valence-corrected chi connectivity index (χ4v) is 2.54. The van der Waals surface area contributed by atoms with Crippen LogP contribution in [-0.2, 0) is 28.6 Å². The van der Waals surface area contributed by atoms with Crippen molar-refractivity contribution >= 4 is 23.9 Å². The van der Waals surface area contributed by atoms with E-state index in [1.165, 1.54) is 7.11 Å². The number of carbonyl (C=O) groups is 4. The standard InChI is InChI=1S/C22H40N2O7/c1-15(12-13-17(25)30-21(2,3)4)18(26)24-16(19(27)29-8)11-9-10-14-23-20(28)31-22(5,6)7/h15-16H,9-14H2,1-8H3,(H,23,28)(H,24,26)/t15-,16-/m1/s1. The Hall–Kier alpha value is -2.32. The molecule has 180 valence electrons. The van der Waals surface area contributed by atoms with Gasteiger partial charge in [0.25, 0.3) is 0 Å². The Morgan fingerprint density at radius 2 is 1.45 bits per heavy atom. The molecule has 2 amide bonds. The molecule has 2 atom stereocenters. The fraction of sp³-hybridized carbons (Fsp3) is 0.818. The van der Waals surface area contributed by atoms with Gasteiger partial charge in [0.15, 0.2) is 0 Å². The van der Waals surface area contributed by atoms with Gasteiger partial charge in [-0.1, -0.05) is 6.92 Å². The summed E-state index contributed by atoms with van der Waals surface area (Å²) in [6.07, 6.45) is 1.50. The minimum atomic E-state index is -0.789. The van der Waals surface area contributed by atoms with Crippen LogP contribution in [0.1, 0.15) is 80.6 Å². The van der Waals surface area contributed by atoms with E-state index >= 15 is 0 Å². The Kier molecular flexibility index (Phi) is 12.2. The molecule has 0 aromatic heterocycles. The highest BCUT2D eigenvalue weighted by molar-refractivity contribution is 5.85. The van der Waals surface area contributed by atoms with Crippen LogP contribution in [0.2, 0.25) is 0 Å². The lowest BCUT2D eigenvalue weighted by Gasteiger charge is -2.21. The molecule has 0 spiro atoms. The summed E-state index contributed by atoms with van der Waals surface area (Å²) < 4.78 is 15.2. The second-order valence-corrected chi connectivity index (χ2v) is 9.53. The number of carbonyl (C=O) groups excluding carboxylic acids is 4. The zero-order valence-corrected chi connectivity index (χ0v) is 20.3. The molecule has 0 aromatic carbocycles. The minimum Gasteiger partial charge on any atom is -0.467 e. The van der Waals surface area contributed by atoms with E-state index in [1.54, 1.807) is 48.5 Å². The number of nitrogens with one attached hydrogen (secondary N) is 2. The molecule has 9 heteroatoms. The Morgan fingerprint density at radius 1 is 0.871 bits per heavy atom. The van der Waals surface area contributed by atoms with E-state index < -0.39 is 35.2 Å². The molecule has 0 aliphatic rings. The van der Waals surface area contributed by atoms with Crippen LogP contribution < -0.4 is 10.6 Å². The predicted molar refractivity (Wildman–Crippen MR) is 116 cm³/mol. The molecule has 0 heterocycles. The van der Waals surface area contributed by atoms with Gasteiger partial charge >= 0.3 is 18.0 Å². The van der Waals surface area contributed by atoms with E-state index in [0.717, 1.165) is 0 Å². The summed E-state index contributed by atoms with van der Waals surface area (Å²) in [5.74, 6) is -1.69. The van der Waals surface area contributed by atoms with Crippen molar-refractivity contribution in [2.75, 3.05) is 13.7 Å². The number of rotatable bonds is 11. The van der Waals surface area contributed by atoms with E-state index in [0.29, 0.717) is 32.2 Å². The minimum absolute atomic E-state index is 0.116. The molecule has 0 aromatic rings. The van der Waals surface area contributed by atoms with Crippen molar-refractivity contribution < 1.29 is 33.4 Å². The summed E-state index contributed by atoms with van der Waals surface area (Å²) in [7, 11) is 1.26. The van der Waals surface area contributed by atoms with E-state index in [-0.39, 0.29) is 18.3 Å². The van der Waals surface area contributed by atoms with Gasteiger partial charge in [-0.15, -0.1) is 0 Å². The first-order valence-electron chi connectivity index (χ1n) is 10.7. The van der Waals surface area contributed by atoms with Crippen LogP contribution in [-0.4, -0.2) is 54.8 Å². The Bertz CT molecular complexity index is 606. The summed E-state index contributed by atoms with van der Waals surface area (Å²) in [6.45, 7) is 12.8. The zero-order valence-electron chi connectivity index (χ0n) is 20.3. The van der Waals surface area contributed by atoms with Crippen LogP contribution in [0.3, 0.4) is 0 Å². The largest absolute Gasteiger partial charge is 0.467 e. The normalized spacial score (nSPS) is 13.5. The Labute approximate surface area is 185 Å². The third-order valence-electron chi connectivity index (χ3n) is 4.04. The van der Waals surface area contributed by atoms with Gasteiger partial charge in [0.05, 0.1) is 7.11 Å². The first kappa shape index (κ1) is 28.7. The van der Waals surface area contributed by atoms with Crippen molar-refractivity contribution in [3.63, 3.8) is 0 Å². The highest BCUT2D eigenvalue weighted by Gasteiger charge is 2.25. The molecule has 0 radical (unpaired) electrons. The Balaban J connectivity index is 4.43. The number of amides is 2. The van der Waals surface area contributed by atoms with Crippen LogP contribution >= 0.6 is 0 Å². The summed E-state index contributed by atoms with van der Waals surface area (Å²) in [4.78, 5) is 47.9. The maximum Gasteiger partial charge on any atom is 0.407 e. The van der Waals surface area contributed by atoms with Gasteiger partial charge in [0, 0.05) is 18.9 Å². The average Bonchev–Trinajstić information content (AvgIpc) is 2.61. The number of ether oxygens (including phenoxy) is 3. The predicted octanol–water partition coefficient (Wildman–Crippen LogP) is 3.10. The molecule has 0 saturated heterocycles. The van der Waals surface area contributed by atoms with Gasteiger partial charge in [0.1, 0.15) is 17.2 Å². The molecule has 0 saturated carbocycles. The molecule has 0 bridgehead atoms. The Morgan fingerprint density at radius 3 is 1.97 bits per heavy atom. The van der Waals surface area contributed by atoms with Crippen LogP contribution in [0.25, 0.3) is 0 Å². The SMILES string of the molecule is COC(=O)[C@@H](CCCCNC(=O)OC(C)(C)C)NC(=O)[C@H](C)CCC(=O)OC(C)(C)C. The molecule has 9 nitrogen and oxygen atoms in total. The smallest absolute Gasteiger partial charge is 0.407 e. The number of hydrogen-bond donors (Lipinski definition) is 2. The number of hydrogen-bond acceptors (Lipinski definition) is 7. The number of esters is 2. The van der Waals surface area contributed by atoms with Gasteiger partial charge in [-0.2, -0.15) is 0 Å². The molecule has 0 fully saturated rings. The summed E-state index contributed by atoms with van der Waals surface area (Å²) in [6, 6.07) is -0.789. The van der Waals surface area contributed by atoms with Crippen molar-refractivity contribution in [3.05, 3.63) is 0 Å². The van der Waals surface area contributed by atoms with Gasteiger partial charge in [0.2, 0.25) is 5.91 Å². The average molecular weight is 445 g/mol. The molecule has 0 aliphatic heterocycles. The lowest BCUT2D eigenvalue weighted by atomic mass is 10.0. The lowest BCUT2D eigenvalue weighted by Crippen LogP contribution is -2.44. The molecular weight excluding hydrogens is 404 g/mol. The molecular formula is C22H40N2O7. The van der Waals surface area contributed by atoms with Crippen molar-refractivity contribution in [1.82, 2.24) is 10.6 Å². The first-order valence-corrected chi connectivity index (χ1v) is 10.7. The number of methoxy groups -OCH3 is 1. The van der Waals surface area contributed by atoms with Gasteiger partial charge in [-0.25, -0.2) is 9.59 Å². The molecule has 0 aliphatic carbocycles. The number of alkyl carbamates (subject to hydrolysis) is 1. The highest BCUT2D eigenvalue weighted by Crippen LogP contribution is 2.13.